The molecule has 6 heteroatoms. The first-order chi connectivity index (χ1) is 8.63. The van der Waals surface area contributed by atoms with Gasteiger partial charge in [0.1, 0.15) is 6.04 Å². The predicted octanol–water partition coefficient (Wildman–Crippen LogP) is 0.632. The number of primary amides is 1. The molecule has 0 bridgehead atoms. The van der Waals surface area contributed by atoms with E-state index in [2.05, 4.69) is 15.9 Å². The molecule has 0 aliphatic carbocycles. The Hall–Kier alpha value is -1.11. The van der Waals surface area contributed by atoms with E-state index >= 15 is 0 Å². The van der Waals surface area contributed by atoms with Crippen LogP contribution in [0, 0.1) is 0 Å². The highest BCUT2D eigenvalue weighted by atomic mass is 79.9. The molecule has 98 valence electrons. The molecule has 1 aromatic rings. The number of halogens is 1. The van der Waals surface area contributed by atoms with Crippen molar-refractivity contribution >= 4 is 27.5 Å². The number of carbonyl (C=O) groups is 1. The van der Waals surface area contributed by atoms with Crippen LogP contribution in [-0.4, -0.2) is 36.8 Å². The number of aliphatic hydroxyl groups is 1. The van der Waals surface area contributed by atoms with Gasteiger partial charge in [-0.3, -0.25) is 4.79 Å². The lowest BCUT2D eigenvalue weighted by atomic mass is 10.1. The highest BCUT2D eigenvalue weighted by molar-refractivity contribution is 9.10. The van der Waals surface area contributed by atoms with Gasteiger partial charge in [0.2, 0.25) is 5.91 Å². The number of ether oxygens (including phenoxy) is 1. The Kier molecular flexibility index (Phi) is 4.21. The van der Waals surface area contributed by atoms with E-state index in [1.54, 1.807) is 0 Å². The van der Waals surface area contributed by atoms with Crippen molar-refractivity contribution in [2.45, 2.75) is 12.6 Å². The summed E-state index contributed by atoms with van der Waals surface area (Å²) in [5, 5.41) is 9.12. The Morgan fingerprint density at radius 2 is 2.39 bits per heavy atom. The Balaban J connectivity index is 2.28. The van der Waals surface area contributed by atoms with E-state index in [0.717, 1.165) is 15.7 Å². The van der Waals surface area contributed by atoms with E-state index in [-0.39, 0.29) is 6.61 Å². The van der Waals surface area contributed by atoms with Crippen LogP contribution in [0.2, 0.25) is 0 Å². The molecule has 3 N–H and O–H groups in total. The summed E-state index contributed by atoms with van der Waals surface area (Å²) < 4.78 is 6.09. The fraction of sp³-hybridized carbons (Fsp3) is 0.417. The number of morpholine rings is 1. The van der Waals surface area contributed by atoms with Crippen LogP contribution in [0.5, 0.6) is 0 Å². The first-order valence-corrected chi connectivity index (χ1v) is 6.45. The zero-order valence-corrected chi connectivity index (χ0v) is 11.4. The fourth-order valence-corrected chi connectivity index (χ4v) is 2.48. The van der Waals surface area contributed by atoms with Gasteiger partial charge in [-0.15, -0.1) is 0 Å². The third-order valence-electron chi connectivity index (χ3n) is 3.00. The highest BCUT2D eigenvalue weighted by Crippen LogP contribution is 2.26. The molecular formula is C12H15BrN2O3. The van der Waals surface area contributed by atoms with Gasteiger partial charge in [0.05, 0.1) is 19.8 Å². The second kappa shape index (κ2) is 5.69. The maximum absolute atomic E-state index is 11.4. The minimum atomic E-state index is -0.439. The third-order valence-corrected chi connectivity index (χ3v) is 3.73. The van der Waals surface area contributed by atoms with Crippen molar-refractivity contribution in [1.82, 2.24) is 0 Å². The van der Waals surface area contributed by atoms with Crippen molar-refractivity contribution in [1.29, 1.82) is 0 Å². The molecule has 1 aliphatic heterocycles. The van der Waals surface area contributed by atoms with Crippen molar-refractivity contribution in [2.24, 2.45) is 5.73 Å². The minimum Gasteiger partial charge on any atom is -0.392 e. The molecule has 1 aliphatic rings. The van der Waals surface area contributed by atoms with Gasteiger partial charge in [-0.05, 0) is 17.7 Å². The van der Waals surface area contributed by atoms with Crippen LogP contribution in [0.15, 0.2) is 22.7 Å². The summed E-state index contributed by atoms with van der Waals surface area (Å²) in [7, 11) is 0. The number of carbonyl (C=O) groups excluding carboxylic acids is 1. The lowest BCUT2D eigenvalue weighted by molar-refractivity contribution is -0.121. The van der Waals surface area contributed by atoms with Crippen LogP contribution in [0.4, 0.5) is 5.69 Å². The number of nitrogens with two attached hydrogens (primary N) is 1. The van der Waals surface area contributed by atoms with Gasteiger partial charge in [-0.1, -0.05) is 22.0 Å². The van der Waals surface area contributed by atoms with Crippen molar-refractivity contribution in [2.75, 3.05) is 24.7 Å². The second-order valence-electron chi connectivity index (χ2n) is 4.12. The normalized spacial score (nSPS) is 19.9. The lowest BCUT2D eigenvalue weighted by Gasteiger charge is -2.35. The summed E-state index contributed by atoms with van der Waals surface area (Å²) in [5.41, 5.74) is 7.08. The molecule has 1 fully saturated rings. The number of hydrogen-bond acceptors (Lipinski definition) is 4. The van der Waals surface area contributed by atoms with E-state index in [0.29, 0.717) is 19.8 Å². The van der Waals surface area contributed by atoms with Gasteiger partial charge in [0.15, 0.2) is 0 Å². The van der Waals surface area contributed by atoms with Crippen LogP contribution >= 0.6 is 15.9 Å². The average molecular weight is 315 g/mol. The van der Waals surface area contributed by atoms with Gasteiger partial charge < -0.3 is 20.5 Å². The number of benzene rings is 1. The number of nitrogens with zero attached hydrogens (tertiary/aromatic N) is 1. The zero-order chi connectivity index (χ0) is 13.1. The molecule has 1 saturated heterocycles. The fourth-order valence-electron chi connectivity index (χ4n) is 1.99. The molecule has 1 aromatic carbocycles. The molecule has 1 atom stereocenters. The van der Waals surface area contributed by atoms with E-state index in [9.17, 15) is 4.79 Å². The standard InChI is InChI=1S/C12H15BrN2O3/c13-10-5-9(2-1-8(10)6-16)15-3-4-18-7-11(15)12(14)17/h1-2,5,11,16H,3-4,6-7H2,(H2,14,17). The van der Waals surface area contributed by atoms with Crippen molar-refractivity contribution in [3.63, 3.8) is 0 Å². The smallest absolute Gasteiger partial charge is 0.242 e. The van der Waals surface area contributed by atoms with Crippen LogP contribution in [-0.2, 0) is 16.1 Å². The molecule has 0 saturated carbocycles. The summed E-state index contributed by atoms with van der Waals surface area (Å²) in [4.78, 5) is 13.3. The summed E-state index contributed by atoms with van der Waals surface area (Å²) in [6, 6.07) is 5.14. The second-order valence-corrected chi connectivity index (χ2v) is 4.97. The first-order valence-electron chi connectivity index (χ1n) is 5.66. The molecule has 0 radical (unpaired) electrons. The Labute approximate surface area is 114 Å². The zero-order valence-electron chi connectivity index (χ0n) is 9.80. The van der Waals surface area contributed by atoms with Gasteiger partial charge in [-0.25, -0.2) is 0 Å². The largest absolute Gasteiger partial charge is 0.392 e. The van der Waals surface area contributed by atoms with Crippen LogP contribution in [0.25, 0.3) is 0 Å². The monoisotopic (exact) mass is 314 g/mol. The number of amides is 1. The predicted molar refractivity (Wildman–Crippen MR) is 71.2 cm³/mol. The molecule has 5 nitrogen and oxygen atoms in total. The average Bonchev–Trinajstić information content (AvgIpc) is 2.38. The number of anilines is 1. The van der Waals surface area contributed by atoms with E-state index in [1.807, 2.05) is 23.1 Å². The quantitative estimate of drug-likeness (QED) is 0.858. The summed E-state index contributed by atoms with van der Waals surface area (Å²) >= 11 is 3.40. The minimum absolute atomic E-state index is 0.0246. The number of hydrogen-bond donors (Lipinski definition) is 2. The maximum atomic E-state index is 11.4. The van der Waals surface area contributed by atoms with Gasteiger partial charge >= 0.3 is 0 Å². The topological polar surface area (TPSA) is 75.8 Å². The maximum Gasteiger partial charge on any atom is 0.242 e. The number of rotatable bonds is 3. The summed E-state index contributed by atoms with van der Waals surface area (Å²) in [6.07, 6.45) is 0. The molecule has 1 amide bonds. The third kappa shape index (κ3) is 2.66. The van der Waals surface area contributed by atoms with Gasteiger partial charge in [0.25, 0.3) is 0 Å². The number of aliphatic hydroxyl groups excluding tert-OH is 1. The molecule has 0 spiro atoms. The molecule has 0 aromatic heterocycles. The molecule has 1 heterocycles. The summed E-state index contributed by atoms with van der Waals surface area (Å²) in [5.74, 6) is -0.392. The first kappa shape index (κ1) is 13.3. The van der Waals surface area contributed by atoms with Crippen LogP contribution in [0.1, 0.15) is 5.56 Å². The molecule has 1 unspecified atom stereocenters. The Morgan fingerprint density at radius 3 is 3.00 bits per heavy atom. The molecule has 18 heavy (non-hydrogen) atoms. The Bertz CT molecular complexity index is 453. The lowest BCUT2D eigenvalue weighted by Crippen LogP contribution is -2.52. The summed E-state index contributed by atoms with van der Waals surface area (Å²) in [6.45, 7) is 1.49. The van der Waals surface area contributed by atoms with Crippen molar-refractivity contribution in [3.05, 3.63) is 28.2 Å². The van der Waals surface area contributed by atoms with Crippen molar-refractivity contribution in [3.8, 4) is 0 Å². The van der Waals surface area contributed by atoms with E-state index in [1.165, 1.54) is 0 Å². The molecule has 2 rings (SSSR count). The highest BCUT2D eigenvalue weighted by Gasteiger charge is 2.28. The molecular weight excluding hydrogens is 300 g/mol. The van der Waals surface area contributed by atoms with Crippen LogP contribution < -0.4 is 10.6 Å². The van der Waals surface area contributed by atoms with Gasteiger partial charge in [0, 0.05) is 16.7 Å². The van der Waals surface area contributed by atoms with Crippen LogP contribution in [0.3, 0.4) is 0 Å². The van der Waals surface area contributed by atoms with E-state index < -0.39 is 11.9 Å². The van der Waals surface area contributed by atoms with Crippen molar-refractivity contribution < 1.29 is 14.6 Å². The van der Waals surface area contributed by atoms with E-state index in [4.69, 9.17) is 15.6 Å². The Morgan fingerprint density at radius 1 is 1.61 bits per heavy atom. The van der Waals surface area contributed by atoms with Gasteiger partial charge in [-0.2, -0.15) is 0 Å². The SMILES string of the molecule is NC(=O)C1COCCN1c1ccc(CO)c(Br)c1.